The molecule has 1 heterocycles. The van der Waals surface area contributed by atoms with Crippen LogP contribution in [0.15, 0.2) is 53.1 Å². The largest absolute Gasteiger partial charge is 0.573 e. The number of ether oxygens (including phenoxy) is 1. The van der Waals surface area contributed by atoms with Crippen molar-refractivity contribution < 1.29 is 22.4 Å². The van der Waals surface area contributed by atoms with Gasteiger partial charge in [-0.05, 0) is 61.7 Å². The maximum absolute atomic E-state index is 12.4. The highest BCUT2D eigenvalue weighted by molar-refractivity contribution is 6.30. The Kier molecular flexibility index (Phi) is 5.94. The van der Waals surface area contributed by atoms with Crippen molar-refractivity contribution >= 4 is 11.6 Å². The van der Waals surface area contributed by atoms with E-state index in [4.69, 9.17) is 16.1 Å². The SMILES string of the molecule is CC(NC1(c2nc(-c3ccc(OC(F)(F)F)cc3)no2)CCCC1)c1cccc(Cl)c1. The highest BCUT2D eigenvalue weighted by Crippen LogP contribution is 2.40. The number of alkyl halides is 3. The van der Waals surface area contributed by atoms with Crippen molar-refractivity contribution in [2.75, 3.05) is 0 Å². The van der Waals surface area contributed by atoms with E-state index in [9.17, 15) is 13.2 Å². The standard InChI is InChI=1S/C22H21ClF3N3O2/c1-14(16-5-4-6-17(23)13-16)28-21(11-2-3-12-21)20-27-19(29-31-20)15-7-9-18(10-8-15)30-22(24,25)26/h4-10,13-14,28H,2-3,11-12H2,1H3. The van der Waals surface area contributed by atoms with E-state index in [2.05, 4.69) is 27.1 Å². The van der Waals surface area contributed by atoms with E-state index in [1.54, 1.807) is 0 Å². The molecule has 0 radical (unpaired) electrons. The number of hydrogen-bond donors (Lipinski definition) is 1. The van der Waals surface area contributed by atoms with E-state index < -0.39 is 11.9 Å². The van der Waals surface area contributed by atoms with Crippen molar-refractivity contribution in [2.24, 2.45) is 0 Å². The van der Waals surface area contributed by atoms with Crippen molar-refractivity contribution in [3.8, 4) is 17.1 Å². The van der Waals surface area contributed by atoms with Gasteiger partial charge in [0, 0.05) is 16.6 Å². The maximum Gasteiger partial charge on any atom is 0.573 e. The minimum atomic E-state index is -4.74. The highest BCUT2D eigenvalue weighted by atomic mass is 35.5. The van der Waals surface area contributed by atoms with Crippen LogP contribution in [0.5, 0.6) is 5.75 Å². The lowest BCUT2D eigenvalue weighted by Gasteiger charge is -2.30. The van der Waals surface area contributed by atoms with Crippen LogP contribution in [0.4, 0.5) is 13.2 Å². The first-order valence-corrected chi connectivity index (χ1v) is 10.4. The molecular formula is C22H21ClF3N3O2. The summed E-state index contributed by atoms with van der Waals surface area (Å²) in [4.78, 5) is 4.57. The molecule has 1 aliphatic carbocycles. The van der Waals surface area contributed by atoms with E-state index in [1.807, 2.05) is 24.3 Å². The first-order chi connectivity index (χ1) is 14.7. The quantitative estimate of drug-likeness (QED) is 0.469. The maximum atomic E-state index is 12.4. The predicted octanol–water partition coefficient (Wildman–Crippen LogP) is 6.41. The van der Waals surface area contributed by atoms with Gasteiger partial charge in [0.05, 0.1) is 5.54 Å². The van der Waals surface area contributed by atoms with E-state index in [0.29, 0.717) is 22.3 Å². The summed E-state index contributed by atoms with van der Waals surface area (Å²) in [6.07, 6.45) is -0.996. The molecule has 2 aromatic carbocycles. The number of hydrogen-bond acceptors (Lipinski definition) is 5. The van der Waals surface area contributed by atoms with Crippen LogP contribution in [0, 0.1) is 0 Å². The van der Waals surface area contributed by atoms with Crippen LogP contribution in [0.3, 0.4) is 0 Å². The van der Waals surface area contributed by atoms with E-state index in [-0.39, 0.29) is 11.8 Å². The molecule has 1 aliphatic rings. The molecule has 1 fully saturated rings. The molecule has 1 atom stereocenters. The fraction of sp³-hybridized carbons (Fsp3) is 0.364. The second kappa shape index (κ2) is 8.51. The third-order valence-electron chi connectivity index (χ3n) is 5.48. The van der Waals surface area contributed by atoms with Crippen LogP contribution in [-0.2, 0) is 5.54 Å². The van der Waals surface area contributed by atoms with Gasteiger partial charge in [-0.2, -0.15) is 4.98 Å². The Morgan fingerprint density at radius 1 is 1.13 bits per heavy atom. The molecule has 0 bridgehead atoms. The Hall–Kier alpha value is -2.58. The Balaban J connectivity index is 1.55. The third-order valence-corrected chi connectivity index (χ3v) is 5.72. The minimum absolute atomic E-state index is 0.00551. The summed E-state index contributed by atoms with van der Waals surface area (Å²) < 4.78 is 46.6. The van der Waals surface area contributed by atoms with Crippen LogP contribution >= 0.6 is 11.6 Å². The van der Waals surface area contributed by atoms with Crippen LogP contribution in [0.1, 0.15) is 50.1 Å². The summed E-state index contributed by atoms with van der Waals surface area (Å²) in [5, 5.41) is 8.39. The number of halogens is 4. The predicted molar refractivity (Wildman–Crippen MR) is 110 cm³/mol. The molecule has 4 rings (SSSR count). The van der Waals surface area contributed by atoms with Crippen LogP contribution in [-0.4, -0.2) is 16.5 Å². The zero-order valence-corrected chi connectivity index (χ0v) is 17.5. The monoisotopic (exact) mass is 451 g/mol. The molecule has 0 saturated heterocycles. The number of nitrogens with zero attached hydrogens (tertiary/aromatic N) is 2. The van der Waals surface area contributed by atoms with E-state index in [1.165, 1.54) is 24.3 Å². The molecule has 1 N–H and O–H groups in total. The number of nitrogens with one attached hydrogen (secondary N) is 1. The highest BCUT2D eigenvalue weighted by Gasteiger charge is 2.42. The Morgan fingerprint density at radius 2 is 1.84 bits per heavy atom. The molecule has 3 aromatic rings. The second-order valence-electron chi connectivity index (χ2n) is 7.71. The van der Waals surface area contributed by atoms with Gasteiger partial charge < -0.3 is 9.26 Å². The van der Waals surface area contributed by atoms with Crippen molar-refractivity contribution in [2.45, 2.75) is 50.6 Å². The lowest BCUT2D eigenvalue weighted by atomic mass is 9.94. The van der Waals surface area contributed by atoms with Crippen molar-refractivity contribution in [1.29, 1.82) is 0 Å². The molecule has 31 heavy (non-hydrogen) atoms. The molecule has 1 unspecified atom stereocenters. The fourth-order valence-corrected chi connectivity index (χ4v) is 4.21. The van der Waals surface area contributed by atoms with Crippen molar-refractivity contribution in [1.82, 2.24) is 15.5 Å². The van der Waals surface area contributed by atoms with Gasteiger partial charge in [0.2, 0.25) is 11.7 Å². The topological polar surface area (TPSA) is 60.2 Å². The Morgan fingerprint density at radius 3 is 2.48 bits per heavy atom. The van der Waals surface area contributed by atoms with E-state index in [0.717, 1.165) is 31.2 Å². The average Bonchev–Trinajstić information content (AvgIpc) is 3.38. The first kappa shape index (κ1) is 21.6. The summed E-state index contributed by atoms with van der Waals surface area (Å²) in [6, 6.07) is 13.1. The van der Waals surface area contributed by atoms with Crippen LogP contribution in [0.25, 0.3) is 11.4 Å². The van der Waals surface area contributed by atoms with Crippen LogP contribution < -0.4 is 10.1 Å². The summed E-state index contributed by atoms with van der Waals surface area (Å²) in [5.41, 5.74) is 1.13. The van der Waals surface area contributed by atoms with Crippen LogP contribution in [0.2, 0.25) is 5.02 Å². The van der Waals surface area contributed by atoms with Gasteiger partial charge in [0.1, 0.15) is 5.75 Å². The molecule has 0 spiro atoms. The fourth-order valence-electron chi connectivity index (χ4n) is 4.01. The lowest BCUT2D eigenvalue weighted by molar-refractivity contribution is -0.274. The second-order valence-corrected chi connectivity index (χ2v) is 8.14. The number of rotatable bonds is 6. The minimum Gasteiger partial charge on any atom is -0.406 e. The van der Waals surface area contributed by atoms with Gasteiger partial charge in [-0.3, -0.25) is 5.32 Å². The number of benzene rings is 2. The van der Waals surface area contributed by atoms with Gasteiger partial charge in [-0.1, -0.05) is 41.7 Å². The molecular weight excluding hydrogens is 431 g/mol. The molecule has 1 saturated carbocycles. The molecule has 5 nitrogen and oxygen atoms in total. The number of aromatic nitrogens is 2. The average molecular weight is 452 g/mol. The molecule has 0 amide bonds. The first-order valence-electron chi connectivity index (χ1n) is 9.98. The van der Waals surface area contributed by atoms with Gasteiger partial charge in [0.15, 0.2) is 0 Å². The zero-order chi connectivity index (χ0) is 22.1. The van der Waals surface area contributed by atoms with Gasteiger partial charge in [0.25, 0.3) is 0 Å². The van der Waals surface area contributed by atoms with Gasteiger partial charge in [-0.15, -0.1) is 13.2 Å². The van der Waals surface area contributed by atoms with Gasteiger partial charge in [-0.25, -0.2) is 0 Å². The summed E-state index contributed by atoms with van der Waals surface area (Å²) in [6.45, 7) is 2.06. The molecule has 1 aromatic heterocycles. The molecule has 9 heteroatoms. The normalized spacial score (nSPS) is 16.9. The molecule has 164 valence electrons. The van der Waals surface area contributed by atoms with Crippen molar-refractivity contribution in [3.63, 3.8) is 0 Å². The molecule has 0 aliphatic heterocycles. The third kappa shape index (κ3) is 5.02. The smallest absolute Gasteiger partial charge is 0.406 e. The summed E-state index contributed by atoms with van der Waals surface area (Å²) >= 11 is 6.14. The zero-order valence-electron chi connectivity index (χ0n) is 16.7. The van der Waals surface area contributed by atoms with Gasteiger partial charge >= 0.3 is 6.36 Å². The van der Waals surface area contributed by atoms with Crippen molar-refractivity contribution in [3.05, 3.63) is 65.0 Å². The Bertz CT molecular complexity index is 1030. The Labute approximate surface area is 182 Å². The summed E-state index contributed by atoms with van der Waals surface area (Å²) in [5.74, 6) is 0.491. The van der Waals surface area contributed by atoms with E-state index >= 15 is 0 Å². The lowest BCUT2D eigenvalue weighted by Crippen LogP contribution is -2.41. The summed E-state index contributed by atoms with van der Waals surface area (Å²) in [7, 11) is 0.